The fourth-order valence-corrected chi connectivity index (χ4v) is 1.59. The lowest BCUT2D eigenvalue weighted by molar-refractivity contribution is 0.0697. The molecule has 0 saturated heterocycles. The van der Waals surface area contributed by atoms with Crippen molar-refractivity contribution in [3.05, 3.63) is 42.5 Å². The molecule has 3 aromatic rings. The van der Waals surface area contributed by atoms with E-state index in [2.05, 4.69) is 15.0 Å². The Hall–Kier alpha value is -2.76. The van der Waals surface area contributed by atoms with Crippen LogP contribution in [0.2, 0.25) is 0 Å². The van der Waals surface area contributed by atoms with Gasteiger partial charge in [-0.15, -0.1) is 0 Å². The van der Waals surface area contributed by atoms with Crippen molar-refractivity contribution in [1.82, 2.24) is 15.0 Å². The summed E-state index contributed by atoms with van der Waals surface area (Å²) in [6, 6.07) is 4.52. The van der Waals surface area contributed by atoms with Crippen molar-refractivity contribution in [2.75, 3.05) is 0 Å². The van der Waals surface area contributed by atoms with Crippen LogP contribution in [0.3, 0.4) is 0 Å². The number of nitrogens with zero attached hydrogens (tertiary/aromatic N) is 3. The number of aromatic nitrogens is 3. The van der Waals surface area contributed by atoms with Crippen LogP contribution in [0, 0.1) is 0 Å². The average Bonchev–Trinajstić information content (AvgIpc) is 2.82. The zero-order chi connectivity index (χ0) is 12.5. The molecule has 1 N–H and O–H groups in total. The van der Waals surface area contributed by atoms with E-state index in [4.69, 9.17) is 9.52 Å². The fourth-order valence-electron chi connectivity index (χ4n) is 1.59. The van der Waals surface area contributed by atoms with E-state index >= 15 is 0 Å². The van der Waals surface area contributed by atoms with Crippen molar-refractivity contribution in [2.24, 2.45) is 0 Å². The summed E-state index contributed by atoms with van der Waals surface area (Å²) in [5.74, 6) is -0.627. The highest BCUT2D eigenvalue weighted by molar-refractivity contribution is 5.92. The number of carbonyl (C=O) groups is 1. The van der Waals surface area contributed by atoms with Gasteiger partial charge in [-0.05, 0) is 18.2 Å². The molecule has 2 aromatic heterocycles. The van der Waals surface area contributed by atoms with Gasteiger partial charge < -0.3 is 9.52 Å². The van der Waals surface area contributed by atoms with Crippen molar-refractivity contribution >= 4 is 17.1 Å². The minimum absolute atomic E-state index is 0.173. The lowest BCUT2D eigenvalue weighted by atomic mass is 10.2. The van der Waals surface area contributed by atoms with E-state index in [1.54, 1.807) is 18.5 Å². The molecule has 88 valence electrons. The Morgan fingerprint density at radius 2 is 2.00 bits per heavy atom. The molecule has 0 radical (unpaired) electrons. The summed E-state index contributed by atoms with van der Waals surface area (Å²) < 4.78 is 5.50. The third-order valence-electron chi connectivity index (χ3n) is 2.44. The summed E-state index contributed by atoms with van der Waals surface area (Å²) >= 11 is 0. The highest BCUT2D eigenvalue weighted by atomic mass is 16.4. The van der Waals surface area contributed by atoms with Crippen molar-refractivity contribution in [2.45, 2.75) is 0 Å². The van der Waals surface area contributed by atoms with E-state index in [0.29, 0.717) is 22.6 Å². The summed E-state index contributed by atoms with van der Waals surface area (Å²) in [5, 5.41) is 8.89. The Morgan fingerprint density at radius 1 is 1.22 bits per heavy atom. The van der Waals surface area contributed by atoms with Gasteiger partial charge in [0.05, 0.1) is 11.1 Å². The van der Waals surface area contributed by atoms with Crippen molar-refractivity contribution in [1.29, 1.82) is 0 Å². The van der Waals surface area contributed by atoms with Crippen molar-refractivity contribution < 1.29 is 14.3 Å². The molecule has 18 heavy (non-hydrogen) atoms. The number of fused-ring (bicyclic) bond motifs is 1. The molecule has 0 aliphatic heterocycles. The molecule has 6 nitrogen and oxygen atoms in total. The predicted molar refractivity (Wildman–Crippen MR) is 62.0 cm³/mol. The molecule has 0 aliphatic rings. The van der Waals surface area contributed by atoms with Crippen LogP contribution >= 0.6 is 0 Å². The van der Waals surface area contributed by atoms with Crippen LogP contribution in [-0.2, 0) is 0 Å². The number of hydrogen-bond acceptors (Lipinski definition) is 5. The molecule has 0 amide bonds. The number of oxazole rings is 1. The smallest absolute Gasteiger partial charge is 0.335 e. The van der Waals surface area contributed by atoms with Gasteiger partial charge in [0.1, 0.15) is 11.8 Å². The minimum Gasteiger partial charge on any atom is -0.478 e. The Morgan fingerprint density at radius 3 is 2.72 bits per heavy atom. The maximum absolute atomic E-state index is 10.8. The second-order valence-electron chi connectivity index (χ2n) is 3.63. The Labute approximate surface area is 101 Å². The zero-order valence-electron chi connectivity index (χ0n) is 9.07. The second kappa shape index (κ2) is 3.92. The highest BCUT2D eigenvalue weighted by Gasteiger charge is 2.11. The van der Waals surface area contributed by atoms with Crippen LogP contribution in [0.4, 0.5) is 0 Å². The third kappa shape index (κ3) is 1.69. The molecule has 0 atom stereocenters. The van der Waals surface area contributed by atoms with Gasteiger partial charge in [-0.3, -0.25) is 0 Å². The topological polar surface area (TPSA) is 89.1 Å². The van der Waals surface area contributed by atoms with E-state index in [1.807, 2.05) is 0 Å². The van der Waals surface area contributed by atoms with E-state index in [1.165, 1.54) is 18.5 Å². The number of carboxylic acids is 1. The molecule has 0 saturated carbocycles. The highest BCUT2D eigenvalue weighted by Crippen LogP contribution is 2.23. The fraction of sp³-hybridized carbons (Fsp3) is 0. The number of benzene rings is 1. The van der Waals surface area contributed by atoms with E-state index < -0.39 is 5.97 Å². The number of hydrogen-bond donors (Lipinski definition) is 1. The van der Waals surface area contributed by atoms with E-state index in [0.717, 1.165) is 0 Å². The Bertz CT molecular complexity index is 722. The first-order chi connectivity index (χ1) is 8.74. The van der Waals surface area contributed by atoms with Crippen LogP contribution in [0.5, 0.6) is 0 Å². The largest absolute Gasteiger partial charge is 0.478 e. The van der Waals surface area contributed by atoms with Crippen LogP contribution < -0.4 is 0 Å². The van der Waals surface area contributed by atoms with Gasteiger partial charge >= 0.3 is 5.97 Å². The summed E-state index contributed by atoms with van der Waals surface area (Å²) in [4.78, 5) is 22.8. The summed E-state index contributed by atoms with van der Waals surface area (Å²) in [6.07, 6.45) is 4.57. The predicted octanol–water partition coefficient (Wildman–Crippen LogP) is 1.98. The standard InChI is InChI=1S/C12H7N3O3/c16-12(17)7-1-2-10-9(3-7)15-11(18-10)8-4-13-6-14-5-8/h1-6H,(H,16,17). The van der Waals surface area contributed by atoms with Crippen molar-refractivity contribution in [3.8, 4) is 11.5 Å². The van der Waals surface area contributed by atoms with Crippen molar-refractivity contribution in [3.63, 3.8) is 0 Å². The first kappa shape index (κ1) is 10.4. The summed E-state index contributed by atoms with van der Waals surface area (Å²) in [7, 11) is 0. The lowest BCUT2D eigenvalue weighted by Gasteiger charge is -1.91. The molecule has 0 aliphatic carbocycles. The summed E-state index contributed by atoms with van der Waals surface area (Å²) in [6.45, 7) is 0. The third-order valence-corrected chi connectivity index (χ3v) is 2.44. The van der Waals surface area contributed by atoms with E-state index in [-0.39, 0.29) is 5.56 Å². The van der Waals surface area contributed by atoms with Crippen LogP contribution in [-0.4, -0.2) is 26.0 Å². The minimum atomic E-state index is -0.996. The van der Waals surface area contributed by atoms with Gasteiger partial charge in [0.25, 0.3) is 0 Å². The first-order valence-electron chi connectivity index (χ1n) is 5.13. The molecule has 0 fully saturated rings. The second-order valence-corrected chi connectivity index (χ2v) is 3.63. The quantitative estimate of drug-likeness (QED) is 0.737. The maximum atomic E-state index is 10.8. The monoisotopic (exact) mass is 241 g/mol. The van der Waals surface area contributed by atoms with Gasteiger partial charge in [0.2, 0.25) is 5.89 Å². The summed E-state index contributed by atoms with van der Waals surface area (Å²) in [5.41, 5.74) is 1.84. The van der Waals surface area contributed by atoms with Crippen LogP contribution in [0.15, 0.2) is 41.3 Å². The molecule has 0 spiro atoms. The van der Waals surface area contributed by atoms with Gasteiger partial charge in [-0.1, -0.05) is 0 Å². The molecule has 0 bridgehead atoms. The average molecular weight is 241 g/mol. The first-order valence-corrected chi connectivity index (χ1v) is 5.13. The zero-order valence-corrected chi connectivity index (χ0v) is 9.07. The number of aromatic carboxylic acids is 1. The number of rotatable bonds is 2. The molecular weight excluding hydrogens is 234 g/mol. The number of carboxylic acid groups (broad SMARTS) is 1. The molecule has 3 rings (SSSR count). The molecule has 6 heteroatoms. The SMILES string of the molecule is O=C(O)c1ccc2oc(-c3cncnc3)nc2c1. The lowest BCUT2D eigenvalue weighted by Crippen LogP contribution is -1.94. The van der Waals surface area contributed by atoms with Crippen LogP contribution in [0.25, 0.3) is 22.6 Å². The maximum Gasteiger partial charge on any atom is 0.335 e. The van der Waals surface area contributed by atoms with Gasteiger partial charge in [0.15, 0.2) is 5.58 Å². The van der Waals surface area contributed by atoms with Gasteiger partial charge in [-0.25, -0.2) is 19.7 Å². The van der Waals surface area contributed by atoms with Gasteiger partial charge in [0, 0.05) is 12.4 Å². The molecule has 2 heterocycles. The molecular formula is C12H7N3O3. The molecule has 0 unspecified atom stereocenters. The normalized spacial score (nSPS) is 10.7. The van der Waals surface area contributed by atoms with Gasteiger partial charge in [-0.2, -0.15) is 0 Å². The van der Waals surface area contributed by atoms with Crippen LogP contribution in [0.1, 0.15) is 10.4 Å². The Balaban J connectivity index is 2.14. The molecule has 1 aromatic carbocycles. The van der Waals surface area contributed by atoms with E-state index in [9.17, 15) is 4.79 Å². The Kier molecular flexibility index (Phi) is 2.26.